The van der Waals surface area contributed by atoms with Crippen LogP contribution in [0, 0.1) is 0 Å². The van der Waals surface area contributed by atoms with Gasteiger partial charge in [-0.15, -0.1) is 0 Å². The van der Waals surface area contributed by atoms with Gasteiger partial charge in [-0.1, -0.05) is 30.3 Å². The SMILES string of the molecule is COc1ccc(OC)c(S(=O)(=O)NCCCN2CCO[C@H](c3ccccc3)C2)c1. The number of nitrogens with zero attached hydrogens (tertiary/aromatic N) is 1. The van der Waals surface area contributed by atoms with E-state index < -0.39 is 10.0 Å². The predicted octanol–water partition coefficient (Wildman–Crippen LogP) is 2.45. The minimum atomic E-state index is -3.69. The van der Waals surface area contributed by atoms with Crippen molar-refractivity contribution in [3.63, 3.8) is 0 Å². The van der Waals surface area contributed by atoms with Gasteiger partial charge in [0.2, 0.25) is 10.0 Å². The molecule has 8 heteroatoms. The molecule has 0 aromatic heterocycles. The minimum Gasteiger partial charge on any atom is -0.497 e. The molecule has 1 aliphatic heterocycles. The van der Waals surface area contributed by atoms with E-state index in [-0.39, 0.29) is 16.7 Å². The van der Waals surface area contributed by atoms with Crippen molar-refractivity contribution in [2.75, 3.05) is 47.0 Å². The number of sulfonamides is 1. The molecule has 1 aliphatic rings. The number of rotatable bonds is 9. The molecule has 1 heterocycles. The van der Waals surface area contributed by atoms with Gasteiger partial charge in [-0.2, -0.15) is 0 Å². The predicted molar refractivity (Wildman–Crippen MR) is 111 cm³/mol. The fourth-order valence-corrected chi connectivity index (χ4v) is 4.61. The first-order valence-corrected chi connectivity index (χ1v) is 11.1. The number of hydrogen-bond donors (Lipinski definition) is 1. The standard InChI is InChI=1S/C21H28N2O5S/c1-26-18-9-10-19(27-2)21(15-18)29(24,25)22-11-6-12-23-13-14-28-20(16-23)17-7-4-3-5-8-17/h3-5,7-10,15,20,22H,6,11-14,16H2,1-2H3/t20-/m0/s1. The highest BCUT2D eigenvalue weighted by molar-refractivity contribution is 7.89. The highest BCUT2D eigenvalue weighted by Gasteiger charge is 2.23. The molecule has 3 rings (SSSR count). The summed E-state index contributed by atoms with van der Waals surface area (Å²) in [5, 5.41) is 0. The van der Waals surface area contributed by atoms with Crippen LogP contribution in [0.5, 0.6) is 11.5 Å². The normalized spacial score (nSPS) is 17.8. The van der Waals surface area contributed by atoms with Crippen LogP contribution in [0.4, 0.5) is 0 Å². The Morgan fingerprint density at radius 2 is 1.93 bits per heavy atom. The van der Waals surface area contributed by atoms with E-state index in [0.717, 1.165) is 19.6 Å². The monoisotopic (exact) mass is 420 g/mol. The van der Waals surface area contributed by atoms with Crippen molar-refractivity contribution in [2.45, 2.75) is 17.4 Å². The van der Waals surface area contributed by atoms with Crippen LogP contribution in [0.2, 0.25) is 0 Å². The molecule has 7 nitrogen and oxygen atoms in total. The molecule has 0 saturated carbocycles. The van der Waals surface area contributed by atoms with Crippen LogP contribution in [-0.4, -0.2) is 60.3 Å². The van der Waals surface area contributed by atoms with Gasteiger partial charge in [0.25, 0.3) is 0 Å². The van der Waals surface area contributed by atoms with Gasteiger partial charge in [0.1, 0.15) is 16.4 Å². The van der Waals surface area contributed by atoms with E-state index in [9.17, 15) is 8.42 Å². The number of methoxy groups -OCH3 is 2. The number of benzene rings is 2. The van der Waals surface area contributed by atoms with E-state index >= 15 is 0 Å². The maximum absolute atomic E-state index is 12.7. The molecule has 2 aromatic carbocycles. The fourth-order valence-electron chi connectivity index (χ4n) is 3.36. The molecule has 158 valence electrons. The zero-order chi connectivity index (χ0) is 20.7. The van der Waals surface area contributed by atoms with Crippen LogP contribution in [0.3, 0.4) is 0 Å². The van der Waals surface area contributed by atoms with Crippen LogP contribution in [0.25, 0.3) is 0 Å². The third-order valence-electron chi connectivity index (χ3n) is 4.93. The largest absolute Gasteiger partial charge is 0.497 e. The summed E-state index contributed by atoms with van der Waals surface area (Å²) in [7, 11) is -0.747. The zero-order valence-corrected chi connectivity index (χ0v) is 17.7. The quantitative estimate of drug-likeness (QED) is 0.628. The lowest BCUT2D eigenvalue weighted by Crippen LogP contribution is -2.39. The van der Waals surface area contributed by atoms with E-state index in [0.29, 0.717) is 25.3 Å². The summed E-state index contributed by atoms with van der Waals surface area (Å²) in [5.41, 5.74) is 1.17. The van der Waals surface area contributed by atoms with Gasteiger partial charge in [0, 0.05) is 25.7 Å². The number of morpholine rings is 1. The molecule has 0 bridgehead atoms. The smallest absolute Gasteiger partial charge is 0.244 e. The van der Waals surface area contributed by atoms with Crippen molar-refractivity contribution >= 4 is 10.0 Å². The highest BCUT2D eigenvalue weighted by Crippen LogP contribution is 2.28. The third-order valence-corrected chi connectivity index (χ3v) is 6.41. The second kappa shape index (κ2) is 10.1. The summed E-state index contributed by atoms with van der Waals surface area (Å²) in [6.07, 6.45) is 0.759. The van der Waals surface area contributed by atoms with Crippen molar-refractivity contribution in [1.29, 1.82) is 0 Å². The summed E-state index contributed by atoms with van der Waals surface area (Å²) in [4.78, 5) is 2.39. The van der Waals surface area contributed by atoms with Gasteiger partial charge in [0.05, 0.1) is 26.9 Å². The Hall–Kier alpha value is -2.13. The van der Waals surface area contributed by atoms with Gasteiger partial charge < -0.3 is 14.2 Å². The number of ether oxygens (including phenoxy) is 3. The van der Waals surface area contributed by atoms with E-state index in [1.54, 1.807) is 12.1 Å². The molecule has 2 aromatic rings. The summed E-state index contributed by atoms with van der Waals surface area (Å²) in [6.45, 7) is 3.47. The van der Waals surface area contributed by atoms with Gasteiger partial charge >= 0.3 is 0 Å². The lowest BCUT2D eigenvalue weighted by atomic mass is 10.1. The summed E-state index contributed by atoms with van der Waals surface area (Å²) < 4.78 is 44.2. The maximum atomic E-state index is 12.7. The molecule has 0 amide bonds. The minimum absolute atomic E-state index is 0.0580. The van der Waals surface area contributed by atoms with Crippen molar-refractivity contribution in [1.82, 2.24) is 9.62 Å². The number of nitrogens with one attached hydrogen (secondary N) is 1. The lowest BCUT2D eigenvalue weighted by molar-refractivity contribution is -0.0300. The van der Waals surface area contributed by atoms with Gasteiger partial charge in [-0.05, 0) is 30.7 Å². The Balaban J connectivity index is 1.52. The van der Waals surface area contributed by atoms with Crippen molar-refractivity contribution in [2.24, 2.45) is 0 Å². The molecule has 1 N–H and O–H groups in total. The molecule has 1 saturated heterocycles. The second-order valence-electron chi connectivity index (χ2n) is 6.84. The maximum Gasteiger partial charge on any atom is 0.244 e. The molecule has 0 unspecified atom stereocenters. The first-order valence-electron chi connectivity index (χ1n) is 9.64. The van der Waals surface area contributed by atoms with Crippen LogP contribution >= 0.6 is 0 Å². The Kier molecular flexibility index (Phi) is 7.49. The van der Waals surface area contributed by atoms with Crippen molar-refractivity contribution in [3.05, 3.63) is 54.1 Å². The van der Waals surface area contributed by atoms with Crippen LogP contribution < -0.4 is 14.2 Å². The van der Waals surface area contributed by atoms with Gasteiger partial charge in [-0.3, -0.25) is 4.90 Å². The average Bonchev–Trinajstić information content (AvgIpc) is 2.77. The summed E-state index contributed by atoms with van der Waals surface area (Å²) >= 11 is 0. The van der Waals surface area contributed by atoms with Crippen molar-refractivity contribution < 1.29 is 22.6 Å². The van der Waals surface area contributed by atoms with E-state index in [4.69, 9.17) is 14.2 Å². The second-order valence-corrected chi connectivity index (χ2v) is 8.57. The molecule has 1 atom stereocenters. The average molecular weight is 421 g/mol. The molecular weight excluding hydrogens is 392 g/mol. The molecule has 0 spiro atoms. The Morgan fingerprint density at radius 3 is 2.66 bits per heavy atom. The van der Waals surface area contributed by atoms with Crippen LogP contribution in [-0.2, 0) is 14.8 Å². The zero-order valence-electron chi connectivity index (χ0n) is 16.8. The molecule has 29 heavy (non-hydrogen) atoms. The first kappa shape index (κ1) is 21.6. The topological polar surface area (TPSA) is 77.1 Å². The molecule has 0 radical (unpaired) electrons. The highest BCUT2D eigenvalue weighted by atomic mass is 32.2. The Labute approximate surface area is 172 Å². The van der Waals surface area contributed by atoms with Gasteiger partial charge in [0.15, 0.2) is 0 Å². The molecule has 1 fully saturated rings. The lowest BCUT2D eigenvalue weighted by Gasteiger charge is -2.33. The fraction of sp³-hybridized carbons (Fsp3) is 0.429. The Morgan fingerprint density at radius 1 is 1.14 bits per heavy atom. The summed E-state index contributed by atoms with van der Waals surface area (Å²) in [6, 6.07) is 14.9. The van der Waals surface area contributed by atoms with Gasteiger partial charge in [-0.25, -0.2) is 13.1 Å². The molecular formula is C21H28N2O5S. The van der Waals surface area contributed by atoms with E-state index in [1.807, 2.05) is 18.2 Å². The number of hydrogen-bond acceptors (Lipinski definition) is 6. The van der Waals surface area contributed by atoms with E-state index in [2.05, 4.69) is 21.8 Å². The van der Waals surface area contributed by atoms with Crippen LogP contribution in [0.15, 0.2) is 53.4 Å². The van der Waals surface area contributed by atoms with Crippen LogP contribution in [0.1, 0.15) is 18.1 Å². The Bertz CT molecular complexity index is 889. The van der Waals surface area contributed by atoms with E-state index in [1.165, 1.54) is 25.8 Å². The van der Waals surface area contributed by atoms with Crippen molar-refractivity contribution in [3.8, 4) is 11.5 Å². The first-order chi connectivity index (χ1) is 14.0. The summed E-state index contributed by atoms with van der Waals surface area (Å²) in [5.74, 6) is 0.753. The molecule has 0 aliphatic carbocycles. The third kappa shape index (κ3) is 5.70.